The zero-order valence-electron chi connectivity index (χ0n) is 38.9. The second kappa shape index (κ2) is 26.7. The van der Waals surface area contributed by atoms with Gasteiger partial charge < -0.3 is 150 Å². The van der Waals surface area contributed by atoms with E-state index in [1.807, 2.05) is 0 Å². The van der Waals surface area contributed by atoms with E-state index in [0.717, 1.165) is 13.8 Å². The Kier molecular flexibility index (Phi) is 22.5. The molecule has 2 amide bonds. The fourth-order valence-corrected chi connectivity index (χ4v) is 8.74. The van der Waals surface area contributed by atoms with Crippen LogP contribution >= 0.6 is 0 Å². The van der Waals surface area contributed by atoms with Crippen molar-refractivity contribution in [1.29, 1.82) is 0 Å². The minimum Gasteiger partial charge on any atom is -0.394 e. The Labute approximate surface area is 409 Å². The van der Waals surface area contributed by atoms with Crippen molar-refractivity contribution < 1.29 is 149 Å². The Morgan fingerprint density at radius 2 is 0.903 bits per heavy atom. The molecular formula is C40H70N2O30. The molecule has 420 valence electrons. The molecule has 5 heterocycles. The topological polar surface area (TPSA) is 515 Å². The molecule has 29 atom stereocenters. The van der Waals surface area contributed by atoms with Crippen LogP contribution in [0.3, 0.4) is 0 Å². The molecule has 5 aliphatic rings. The van der Waals surface area contributed by atoms with Gasteiger partial charge >= 0.3 is 0 Å². The van der Waals surface area contributed by atoms with Crippen molar-refractivity contribution in [3.63, 3.8) is 0 Å². The summed E-state index contributed by atoms with van der Waals surface area (Å²) in [5.74, 6) is -1.62. The van der Waals surface area contributed by atoms with Crippen molar-refractivity contribution in [3.8, 4) is 0 Å². The maximum Gasteiger partial charge on any atom is 0.217 e. The van der Waals surface area contributed by atoms with E-state index in [-0.39, 0.29) is 0 Å². The zero-order chi connectivity index (χ0) is 53.6. The quantitative estimate of drug-likeness (QED) is 0.0507. The zero-order valence-corrected chi connectivity index (χ0v) is 38.9. The van der Waals surface area contributed by atoms with Gasteiger partial charge in [0.2, 0.25) is 11.8 Å². The summed E-state index contributed by atoms with van der Waals surface area (Å²) in [6.45, 7) is -2.87. The number of hydrogen-bond donors (Lipinski definition) is 20. The van der Waals surface area contributed by atoms with Crippen LogP contribution in [0.5, 0.6) is 0 Å². The largest absolute Gasteiger partial charge is 0.394 e. The highest BCUT2D eigenvalue weighted by Crippen LogP contribution is 2.37. The van der Waals surface area contributed by atoms with Gasteiger partial charge in [0.25, 0.3) is 0 Å². The molecule has 0 aromatic rings. The SMILES string of the molecule is CC(=O)N[C@H]1[C@H](OC[C@@H](O)[C@H](O)[C@H](O[C@@H]2O[C@H](CO)[C@H](O)[C@H](O[C@H]3O[C@H](CO)[C@H](O)[C@H](O[C@H]4O[C@H](CO)[C@H](O)[C@H](O)[C@H]4O)[C@H]3NC(C)=O)[C@H]2O[C@@H]2O[C@@H](C)[C@@H](O)[C@@H](O)[C@@H]2O)[C@@H](O)CO)O[C@H](CO)[C@@H](O)[C@@H]1O. The van der Waals surface area contributed by atoms with Crippen molar-refractivity contribution in [2.45, 2.75) is 199 Å². The monoisotopic (exact) mass is 1060 g/mol. The molecular weight excluding hydrogens is 988 g/mol. The number of aliphatic hydroxyl groups is 18. The number of aliphatic hydroxyl groups excluding tert-OH is 18. The Morgan fingerprint density at radius 1 is 0.472 bits per heavy atom. The van der Waals surface area contributed by atoms with Gasteiger partial charge in [0.15, 0.2) is 31.5 Å². The van der Waals surface area contributed by atoms with E-state index in [1.54, 1.807) is 0 Å². The number of amides is 2. The molecule has 0 spiro atoms. The molecule has 0 aromatic carbocycles. The third kappa shape index (κ3) is 13.7. The van der Waals surface area contributed by atoms with Crippen LogP contribution in [0.1, 0.15) is 20.8 Å². The molecule has 0 aliphatic carbocycles. The molecule has 20 N–H and O–H groups in total. The predicted octanol–water partition coefficient (Wildman–Crippen LogP) is -13.1. The molecule has 5 fully saturated rings. The number of nitrogens with one attached hydrogen (secondary N) is 2. The lowest BCUT2D eigenvalue weighted by atomic mass is 9.94. The van der Waals surface area contributed by atoms with E-state index in [4.69, 9.17) is 47.4 Å². The standard InChI is InChI=1S/C40H70N2O30/c1-10-21(52)28(59)30(61)38(64-10)72-35-34(71-37-20(42-12(3)49)33(25(56)17(7-46)66-37)70-39-31(62)29(60)24(55)16(6-45)67-39)26(57)18(8-47)68-40(35)69-32(13(50)4-43)22(53)14(51)9-63-36-19(41-11(2)48)27(58)23(54)15(5-44)65-36/h10,13-40,43-47,50-62H,4-9H2,1-3H3,(H,41,48)(H,42,49)/t10-,13-,14+,15+,16+,17+,18+,19+,20+,21+,22-,23+,24-,25-,26-,27+,28+,29-,30-,31+,32+,33+,34-,35+,36+,37+,38-,39+,40-/m0/s1. The first kappa shape index (κ1) is 60.7. The second-order valence-corrected chi connectivity index (χ2v) is 18.0. The van der Waals surface area contributed by atoms with Gasteiger partial charge in [0.05, 0.1) is 45.7 Å². The molecule has 5 rings (SSSR count). The average molecular weight is 1060 g/mol. The van der Waals surface area contributed by atoms with Gasteiger partial charge in [-0.15, -0.1) is 0 Å². The molecule has 0 unspecified atom stereocenters. The number of rotatable bonds is 21. The first-order chi connectivity index (χ1) is 33.9. The fourth-order valence-electron chi connectivity index (χ4n) is 8.74. The predicted molar refractivity (Wildman–Crippen MR) is 223 cm³/mol. The minimum atomic E-state index is -2.38. The number of carbonyl (C=O) groups excluding carboxylic acids is 2. The Hall–Kier alpha value is -2.18. The minimum absolute atomic E-state index is 0.733. The van der Waals surface area contributed by atoms with Gasteiger partial charge in [0, 0.05) is 13.8 Å². The number of carbonyl (C=O) groups is 2. The third-order valence-corrected chi connectivity index (χ3v) is 12.8. The van der Waals surface area contributed by atoms with Gasteiger partial charge in [-0.2, -0.15) is 0 Å². The van der Waals surface area contributed by atoms with Crippen molar-refractivity contribution in [3.05, 3.63) is 0 Å². The van der Waals surface area contributed by atoms with Crippen molar-refractivity contribution in [2.75, 3.05) is 39.6 Å². The Balaban J connectivity index is 1.51. The van der Waals surface area contributed by atoms with E-state index in [1.165, 1.54) is 6.92 Å². The summed E-state index contributed by atoms with van der Waals surface area (Å²) in [4.78, 5) is 24.7. The van der Waals surface area contributed by atoms with Crippen LogP contribution in [0.25, 0.3) is 0 Å². The molecule has 72 heavy (non-hydrogen) atoms. The molecule has 32 heteroatoms. The van der Waals surface area contributed by atoms with Crippen LogP contribution in [0, 0.1) is 0 Å². The van der Waals surface area contributed by atoms with E-state index >= 15 is 0 Å². The third-order valence-electron chi connectivity index (χ3n) is 12.8. The molecule has 0 bridgehead atoms. The first-order valence-corrected chi connectivity index (χ1v) is 22.9. The lowest BCUT2D eigenvalue weighted by Gasteiger charge is -2.51. The summed E-state index contributed by atoms with van der Waals surface area (Å²) in [7, 11) is 0. The van der Waals surface area contributed by atoms with Gasteiger partial charge in [-0.1, -0.05) is 0 Å². The molecule has 0 radical (unpaired) electrons. The van der Waals surface area contributed by atoms with Gasteiger partial charge in [0.1, 0.15) is 140 Å². The number of ether oxygens (including phenoxy) is 10. The molecule has 0 saturated carbocycles. The van der Waals surface area contributed by atoms with Crippen LogP contribution in [-0.4, -0.2) is 321 Å². The van der Waals surface area contributed by atoms with E-state index < -0.39 is 229 Å². The first-order valence-electron chi connectivity index (χ1n) is 22.9. The fraction of sp³-hybridized carbons (Fsp3) is 0.950. The normalized spacial score (nSPS) is 45.7. The van der Waals surface area contributed by atoms with Gasteiger partial charge in [-0.3, -0.25) is 9.59 Å². The Bertz CT molecular complexity index is 1680. The highest BCUT2D eigenvalue weighted by Gasteiger charge is 2.57. The summed E-state index contributed by atoms with van der Waals surface area (Å²) >= 11 is 0. The highest BCUT2D eigenvalue weighted by atomic mass is 16.8. The smallest absolute Gasteiger partial charge is 0.217 e. The summed E-state index contributed by atoms with van der Waals surface area (Å²) < 4.78 is 57.8. The van der Waals surface area contributed by atoms with Crippen molar-refractivity contribution in [2.24, 2.45) is 0 Å². The van der Waals surface area contributed by atoms with E-state index in [0.29, 0.717) is 0 Å². The molecule has 5 aliphatic heterocycles. The highest BCUT2D eigenvalue weighted by molar-refractivity contribution is 5.73. The maximum absolute atomic E-state index is 12.8. The Morgan fingerprint density at radius 3 is 1.44 bits per heavy atom. The molecule has 0 aromatic heterocycles. The number of hydrogen-bond acceptors (Lipinski definition) is 30. The second-order valence-electron chi connectivity index (χ2n) is 18.0. The van der Waals surface area contributed by atoms with Gasteiger partial charge in [-0.05, 0) is 6.92 Å². The maximum atomic E-state index is 12.8. The summed E-state index contributed by atoms with van der Waals surface area (Å²) in [5, 5.41) is 197. The van der Waals surface area contributed by atoms with E-state index in [9.17, 15) is 102 Å². The van der Waals surface area contributed by atoms with Crippen LogP contribution in [0.15, 0.2) is 0 Å². The molecule has 5 saturated heterocycles. The van der Waals surface area contributed by atoms with E-state index in [2.05, 4.69) is 10.6 Å². The van der Waals surface area contributed by atoms with Crippen LogP contribution in [0.2, 0.25) is 0 Å². The van der Waals surface area contributed by atoms with Crippen molar-refractivity contribution in [1.82, 2.24) is 10.6 Å². The summed E-state index contributed by atoms with van der Waals surface area (Å²) in [5.41, 5.74) is 0. The van der Waals surface area contributed by atoms with Crippen LogP contribution in [-0.2, 0) is 57.0 Å². The van der Waals surface area contributed by atoms with Gasteiger partial charge in [-0.25, -0.2) is 0 Å². The van der Waals surface area contributed by atoms with Crippen molar-refractivity contribution >= 4 is 11.8 Å². The lowest BCUT2D eigenvalue weighted by Crippen LogP contribution is -2.70. The summed E-state index contributed by atoms with van der Waals surface area (Å²) in [6.07, 6.45) is -52.6. The van der Waals surface area contributed by atoms with Crippen LogP contribution in [0.4, 0.5) is 0 Å². The van der Waals surface area contributed by atoms with Crippen LogP contribution < -0.4 is 10.6 Å². The summed E-state index contributed by atoms with van der Waals surface area (Å²) in [6, 6.07) is -3.34. The molecule has 32 nitrogen and oxygen atoms in total. The lowest BCUT2D eigenvalue weighted by molar-refractivity contribution is -0.397. The average Bonchev–Trinajstić information content (AvgIpc) is 3.35.